The summed E-state index contributed by atoms with van der Waals surface area (Å²) >= 11 is 0. The summed E-state index contributed by atoms with van der Waals surface area (Å²) in [5.74, 6) is -0.613. The molecule has 3 aromatic heterocycles. The van der Waals surface area contributed by atoms with E-state index in [9.17, 15) is 18.0 Å². The average molecular weight is 399 g/mol. The molecular formula is C19H12F3N5O2. The maximum absolute atomic E-state index is 12.7. The van der Waals surface area contributed by atoms with Gasteiger partial charge in [0, 0.05) is 11.8 Å². The maximum atomic E-state index is 12.7. The van der Waals surface area contributed by atoms with Crippen molar-refractivity contribution in [3.8, 4) is 17.0 Å². The van der Waals surface area contributed by atoms with Gasteiger partial charge in [-0.1, -0.05) is 18.2 Å². The van der Waals surface area contributed by atoms with Gasteiger partial charge in [-0.3, -0.25) is 9.78 Å². The lowest BCUT2D eigenvalue weighted by Crippen LogP contribution is -2.18. The van der Waals surface area contributed by atoms with Crippen molar-refractivity contribution in [2.75, 3.05) is 5.32 Å². The first-order valence-corrected chi connectivity index (χ1v) is 8.33. The van der Waals surface area contributed by atoms with Gasteiger partial charge in [0.1, 0.15) is 11.4 Å². The number of nitrogens with one attached hydrogen (secondary N) is 1. The van der Waals surface area contributed by atoms with Crippen LogP contribution >= 0.6 is 0 Å². The van der Waals surface area contributed by atoms with E-state index < -0.39 is 12.3 Å². The largest absolute Gasteiger partial charge is 0.573 e. The highest BCUT2D eigenvalue weighted by Gasteiger charge is 2.32. The number of hydrogen-bond acceptors (Lipinski definition) is 5. The Morgan fingerprint density at radius 1 is 1.00 bits per heavy atom. The number of pyridine rings is 1. The van der Waals surface area contributed by atoms with Crippen LogP contribution in [0.2, 0.25) is 0 Å². The minimum atomic E-state index is -4.84. The minimum Gasteiger partial charge on any atom is -0.405 e. The second kappa shape index (κ2) is 7.23. The zero-order valence-electron chi connectivity index (χ0n) is 14.6. The second-order valence-corrected chi connectivity index (χ2v) is 5.85. The first-order chi connectivity index (χ1) is 13.9. The van der Waals surface area contributed by atoms with E-state index in [2.05, 4.69) is 25.1 Å². The normalized spacial score (nSPS) is 11.4. The van der Waals surface area contributed by atoms with Crippen molar-refractivity contribution in [2.24, 2.45) is 0 Å². The number of aromatic nitrogens is 4. The Bertz CT molecular complexity index is 1180. The van der Waals surface area contributed by atoms with E-state index in [0.717, 1.165) is 0 Å². The van der Waals surface area contributed by atoms with Gasteiger partial charge in [-0.2, -0.15) is 9.61 Å². The highest BCUT2D eigenvalue weighted by atomic mass is 19.4. The summed E-state index contributed by atoms with van der Waals surface area (Å²) in [5.41, 5.74) is 0.952. The Labute approximate surface area is 161 Å². The summed E-state index contributed by atoms with van der Waals surface area (Å²) in [5, 5.41) is 6.95. The molecule has 146 valence electrons. The quantitative estimate of drug-likeness (QED) is 0.562. The van der Waals surface area contributed by atoms with Crippen LogP contribution in [0.3, 0.4) is 0 Å². The summed E-state index contributed by atoms with van der Waals surface area (Å²) in [4.78, 5) is 20.4. The predicted octanol–water partition coefficient (Wildman–Crippen LogP) is 3.94. The lowest BCUT2D eigenvalue weighted by Gasteiger charge is -2.13. The van der Waals surface area contributed by atoms with Crippen LogP contribution in [0.15, 0.2) is 67.0 Å². The van der Waals surface area contributed by atoms with E-state index in [0.29, 0.717) is 5.65 Å². The van der Waals surface area contributed by atoms with E-state index in [1.54, 1.807) is 30.3 Å². The molecule has 0 unspecified atom stereocenters. The number of hydrogen-bond donors (Lipinski definition) is 1. The first kappa shape index (κ1) is 18.4. The van der Waals surface area contributed by atoms with Gasteiger partial charge in [-0.15, -0.1) is 13.2 Å². The van der Waals surface area contributed by atoms with Crippen molar-refractivity contribution in [2.45, 2.75) is 6.36 Å². The number of ether oxygens (including phenoxy) is 1. The molecule has 0 spiro atoms. The van der Waals surface area contributed by atoms with Gasteiger partial charge in [-0.05, 0) is 36.4 Å². The number of para-hydroxylation sites is 1. The van der Waals surface area contributed by atoms with Crippen LogP contribution in [0.5, 0.6) is 5.75 Å². The maximum Gasteiger partial charge on any atom is 0.573 e. The number of amides is 1. The standard InChI is InChI=1S/C19H12F3N5O2/c20-19(21,22)29-15-7-2-1-5-12(15)13-8-9-16-24-11-17(27(16)26-13)25-18(28)14-6-3-4-10-23-14/h1-11H,(H,25,28). The third-order valence-corrected chi connectivity index (χ3v) is 3.89. The number of benzene rings is 1. The monoisotopic (exact) mass is 399 g/mol. The topological polar surface area (TPSA) is 81.4 Å². The highest BCUT2D eigenvalue weighted by Crippen LogP contribution is 2.32. The lowest BCUT2D eigenvalue weighted by molar-refractivity contribution is -0.274. The summed E-state index contributed by atoms with van der Waals surface area (Å²) in [6, 6.07) is 13.6. The molecule has 0 aliphatic carbocycles. The van der Waals surface area contributed by atoms with Crippen molar-refractivity contribution in [3.63, 3.8) is 0 Å². The number of alkyl halides is 3. The molecular weight excluding hydrogens is 387 g/mol. The smallest absolute Gasteiger partial charge is 0.405 e. The fourth-order valence-corrected chi connectivity index (χ4v) is 2.67. The SMILES string of the molecule is O=C(Nc1cnc2ccc(-c3ccccc3OC(F)(F)F)nn12)c1ccccn1. The van der Waals surface area contributed by atoms with Crippen LogP contribution in [0.1, 0.15) is 10.5 Å². The van der Waals surface area contributed by atoms with Crippen molar-refractivity contribution < 1.29 is 22.7 Å². The number of nitrogens with zero attached hydrogens (tertiary/aromatic N) is 4. The molecule has 1 aromatic carbocycles. The number of fused-ring (bicyclic) bond motifs is 1. The Morgan fingerprint density at radius 3 is 2.55 bits per heavy atom. The third kappa shape index (κ3) is 4.00. The van der Waals surface area contributed by atoms with E-state index in [4.69, 9.17) is 0 Å². The van der Waals surface area contributed by atoms with Gasteiger partial charge < -0.3 is 10.1 Å². The molecule has 4 rings (SSSR count). The Kier molecular flexibility index (Phi) is 4.59. The summed E-state index contributed by atoms with van der Waals surface area (Å²) < 4.78 is 43.5. The van der Waals surface area contributed by atoms with Crippen LogP contribution in [0.25, 0.3) is 16.9 Å². The van der Waals surface area contributed by atoms with Gasteiger partial charge in [-0.25, -0.2) is 4.98 Å². The van der Waals surface area contributed by atoms with E-state index >= 15 is 0 Å². The van der Waals surface area contributed by atoms with E-state index in [-0.39, 0.29) is 28.5 Å². The van der Waals surface area contributed by atoms with Crippen LogP contribution in [0.4, 0.5) is 19.0 Å². The second-order valence-electron chi connectivity index (χ2n) is 5.85. The van der Waals surface area contributed by atoms with E-state index in [1.165, 1.54) is 41.2 Å². The molecule has 7 nitrogen and oxygen atoms in total. The summed E-state index contributed by atoms with van der Waals surface area (Å²) in [7, 11) is 0. The molecule has 4 aromatic rings. The lowest BCUT2D eigenvalue weighted by atomic mass is 10.1. The first-order valence-electron chi connectivity index (χ1n) is 8.33. The zero-order valence-corrected chi connectivity index (χ0v) is 14.6. The minimum absolute atomic E-state index is 0.141. The molecule has 29 heavy (non-hydrogen) atoms. The molecule has 0 saturated carbocycles. The third-order valence-electron chi connectivity index (χ3n) is 3.89. The van der Waals surface area contributed by atoms with Crippen LogP contribution in [0, 0.1) is 0 Å². The van der Waals surface area contributed by atoms with Crippen molar-refractivity contribution in [1.29, 1.82) is 0 Å². The number of anilines is 1. The number of rotatable bonds is 4. The Morgan fingerprint density at radius 2 is 1.79 bits per heavy atom. The Balaban J connectivity index is 1.71. The molecule has 0 atom stereocenters. The fourth-order valence-electron chi connectivity index (χ4n) is 2.67. The van der Waals surface area contributed by atoms with Gasteiger partial charge in [0.25, 0.3) is 5.91 Å². The van der Waals surface area contributed by atoms with Gasteiger partial charge in [0.2, 0.25) is 0 Å². The predicted molar refractivity (Wildman–Crippen MR) is 97.3 cm³/mol. The van der Waals surface area contributed by atoms with Gasteiger partial charge in [0.15, 0.2) is 11.5 Å². The highest BCUT2D eigenvalue weighted by molar-refractivity contribution is 6.02. The van der Waals surface area contributed by atoms with Crippen molar-refractivity contribution in [3.05, 3.63) is 72.7 Å². The molecule has 0 aliphatic rings. The zero-order chi connectivity index (χ0) is 20.4. The Hall–Kier alpha value is -3.95. The summed E-state index contributed by atoms with van der Waals surface area (Å²) in [6.45, 7) is 0. The van der Waals surface area contributed by atoms with E-state index in [1.807, 2.05) is 0 Å². The van der Waals surface area contributed by atoms with Gasteiger partial charge in [0.05, 0.1) is 11.9 Å². The number of carbonyl (C=O) groups excluding carboxylic acids is 1. The van der Waals surface area contributed by atoms with Crippen LogP contribution < -0.4 is 10.1 Å². The molecule has 1 amide bonds. The van der Waals surface area contributed by atoms with Crippen molar-refractivity contribution >= 4 is 17.4 Å². The molecule has 0 bridgehead atoms. The molecule has 0 fully saturated rings. The molecule has 0 radical (unpaired) electrons. The number of halogens is 3. The molecule has 1 N–H and O–H groups in total. The molecule has 0 aliphatic heterocycles. The number of imidazole rings is 1. The van der Waals surface area contributed by atoms with Crippen LogP contribution in [-0.4, -0.2) is 31.9 Å². The van der Waals surface area contributed by atoms with Crippen molar-refractivity contribution in [1.82, 2.24) is 19.6 Å². The fraction of sp³-hybridized carbons (Fsp3) is 0.0526. The molecule has 0 saturated heterocycles. The average Bonchev–Trinajstić information content (AvgIpc) is 3.10. The summed E-state index contributed by atoms with van der Waals surface area (Å²) in [6.07, 6.45) is -1.96. The molecule has 10 heteroatoms. The van der Waals surface area contributed by atoms with Gasteiger partial charge >= 0.3 is 6.36 Å². The number of carbonyl (C=O) groups is 1. The molecule has 3 heterocycles. The van der Waals surface area contributed by atoms with Crippen LogP contribution in [-0.2, 0) is 0 Å².